The topological polar surface area (TPSA) is 80.2 Å². The lowest BCUT2D eigenvalue weighted by Crippen LogP contribution is -2.46. The molecule has 0 spiro atoms. The van der Waals surface area contributed by atoms with Gasteiger partial charge in [0.1, 0.15) is 0 Å². The van der Waals surface area contributed by atoms with E-state index in [0.29, 0.717) is 13.1 Å². The second-order valence-corrected chi connectivity index (χ2v) is 7.36. The van der Waals surface area contributed by atoms with Gasteiger partial charge in [-0.15, -0.1) is 24.0 Å². The van der Waals surface area contributed by atoms with Crippen molar-refractivity contribution in [3.8, 4) is 11.5 Å². The molecule has 0 radical (unpaired) electrons. The number of aromatic nitrogens is 1. The summed E-state index contributed by atoms with van der Waals surface area (Å²) < 4.78 is 16.5. The first-order chi connectivity index (χ1) is 15.1. The molecule has 0 aliphatic carbocycles. The van der Waals surface area contributed by atoms with Crippen molar-refractivity contribution in [2.75, 3.05) is 54.1 Å². The van der Waals surface area contributed by atoms with Gasteiger partial charge < -0.3 is 24.8 Å². The van der Waals surface area contributed by atoms with E-state index < -0.39 is 0 Å². The van der Waals surface area contributed by atoms with Crippen LogP contribution in [-0.2, 0) is 11.3 Å². The highest BCUT2D eigenvalue weighted by Gasteiger charge is 2.24. The molecule has 2 aromatic rings. The van der Waals surface area contributed by atoms with Crippen LogP contribution < -0.4 is 20.1 Å². The van der Waals surface area contributed by atoms with E-state index in [9.17, 15) is 0 Å². The maximum absolute atomic E-state index is 5.56. The van der Waals surface area contributed by atoms with Crippen LogP contribution in [0, 0.1) is 6.92 Å². The molecule has 0 bridgehead atoms. The van der Waals surface area contributed by atoms with Gasteiger partial charge in [-0.25, -0.2) is 0 Å². The highest BCUT2D eigenvalue weighted by Crippen LogP contribution is 2.32. The van der Waals surface area contributed by atoms with Crippen molar-refractivity contribution < 1.29 is 14.2 Å². The van der Waals surface area contributed by atoms with Gasteiger partial charge in [0.2, 0.25) is 0 Å². The van der Waals surface area contributed by atoms with Crippen molar-refractivity contribution in [1.82, 2.24) is 20.5 Å². The van der Waals surface area contributed by atoms with Gasteiger partial charge in [-0.2, -0.15) is 0 Å². The minimum Gasteiger partial charge on any atom is -0.493 e. The van der Waals surface area contributed by atoms with Crippen molar-refractivity contribution in [2.45, 2.75) is 19.5 Å². The molecule has 2 N–H and O–H groups in total. The molecule has 1 unspecified atom stereocenters. The van der Waals surface area contributed by atoms with Gasteiger partial charge in [0.05, 0.1) is 45.7 Å². The maximum atomic E-state index is 5.56. The first-order valence-electron chi connectivity index (χ1n) is 10.6. The van der Waals surface area contributed by atoms with E-state index in [-0.39, 0.29) is 30.0 Å². The van der Waals surface area contributed by atoms with Crippen molar-refractivity contribution in [3.05, 3.63) is 53.3 Å². The first-order valence-corrected chi connectivity index (χ1v) is 10.6. The number of pyridine rings is 1. The average molecular weight is 555 g/mol. The van der Waals surface area contributed by atoms with Gasteiger partial charge >= 0.3 is 0 Å². The fourth-order valence-corrected chi connectivity index (χ4v) is 3.69. The second-order valence-electron chi connectivity index (χ2n) is 7.36. The fraction of sp³-hybridized carbons (Fsp3) is 0.478. The number of guanidine groups is 1. The number of nitrogens with one attached hydrogen (secondary N) is 2. The number of morpholine rings is 1. The third kappa shape index (κ3) is 7.21. The Hall–Kier alpha value is -2.11. The zero-order chi connectivity index (χ0) is 22.1. The Labute approximate surface area is 207 Å². The third-order valence-corrected chi connectivity index (χ3v) is 5.35. The summed E-state index contributed by atoms with van der Waals surface area (Å²) in [6.07, 6.45) is 0. The second kappa shape index (κ2) is 13.4. The van der Waals surface area contributed by atoms with Crippen molar-refractivity contribution in [1.29, 1.82) is 0 Å². The van der Waals surface area contributed by atoms with Crippen molar-refractivity contribution >= 4 is 29.9 Å². The summed E-state index contributed by atoms with van der Waals surface area (Å²) in [5.74, 6) is 2.19. The van der Waals surface area contributed by atoms with E-state index in [4.69, 9.17) is 14.2 Å². The molecule has 1 atom stereocenters. The SMILES string of the molecule is CN=C(NCc1cccc(C)n1)NCC(c1ccc(OC)c(OC)c1)N1CCOCC1.I. The van der Waals surface area contributed by atoms with Crippen LogP contribution in [0.4, 0.5) is 0 Å². The van der Waals surface area contributed by atoms with E-state index in [1.807, 2.05) is 37.3 Å². The molecule has 0 amide bonds. The molecular weight excluding hydrogens is 521 g/mol. The van der Waals surface area contributed by atoms with E-state index in [2.05, 4.69) is 31.6 Å². The fourth-order valence-electron chi connectivity index (χ4n) is 3.69. The smallest absolute Gasteiger partial charge is 0.191 e. The Balaban J connectivity index is 0.00000363. The lowest BCUT2D eigenvalue weighted by atomic mass is 10.0. The molecule has 1 aliphatic rings. The highest BCUT2D eigenvalue weighted by molar-refractivity contribution is 14.0. The normalized spacial score (nSPS) is 15.4. The zero-order valence-corrected chi connectivity index (χ0v) is 21.6. The number of aryl methyl sites for hydroxylation is 1. The summed E-state index contributed by atoms with van der Waals surface area (Å²) in [4.78, 5) is 11.3. The summed E-state index contributed by atoms with van der Waals surface area (Å²) in [5.41, 5.74) is 3.14. The largest absolute Gasteiger partial charge is 0.493 e. The first kappa shape index (κ1) is 26.1. The number of hydrogen-bond acceptors (Lipinski definition) is 6. The van der Waals surface area contributed by atoms with Gasteiger partial charge in [-0.3, -0.25) is 14.9 Å². The summed E-state index contributed by atoms with van der Waals surface area (Å²) in [6.45, 7) is 6.51. The molecule has 3 rings (SSSR count). The number of halogens is 1. The molecule has 176 valence electrons. The summed E-state index contributed by atoms with van der Waals surface area (Å²) in [6, 6.07) is 12.3. The standard InChI is InChI=1S/C23H33N5O3.HI/c1-17-6-5-7-19(27-17)15-25-23(24-2)26-16-20(28-10-12-31-13-11-28)18-8-9-21(29-3)22(14-18)30-4;/h5-9,14,20H,10-13,15-16H2,1-4H3,(H2,24,25,26);1H. The van der Waals surface area contributed by atoms with E-state index in [0.717, 1.165) is 60.7 Å². The maximum Gasteiger partial charge on any atom is 0.191 e. The third-order valence-electron chi connectivity index (χ3n) is 5.35. The van der Waals surface area contributed by atoms with Crippen molar-refractivity contribution in [3.63, 3.8) is 0 Å². The molecule has 8 nitrogen and oxygen atoms in total. The number of nitrogens with zero attached hydrogens (tertiary/aromatic N) is 3. The molecule has 1 aliphatic heterocycles. The Kier molecular flexibility index (Phi) is 11.0. The molecule has 1 saturated heterocycles. The Morgan fingerprint density at radius 3 is 2.53 bits per heavy atom. The summed E-state index contributed by atoms with van der Waals surface area (Å²) in [7, 11) is 5.09. The van der Waals surface area contributed by atoms with Crippen LogP contribution in [0.25, 0.3) is 0 Å². The lowest BCUT2D eigenvalue weighted by Gasteiger charge is -2.35. The molecular formula is C23H34IN5O3. The number of ether oxygens (including phenoxy) is 3. The average Bonchev–Trinajstić information content (AvgIpc) is 2.81. The van der Waals surface area contributed by atoms with E-state index in [1.165, 1.54) is 0 Å². The van der Waals surface area contributed by atoms with E-state index in [1.54, 1.807) is 21.3 Å². The molecule has 9 heteroatoms. The van der Waals surface area contributed by atoms with Gasteiger partial charge in [-0.05, 0) is 36.8 Å². The van der Waals surface area contributed by atoms with Crippen molar-refractivity contribution in [2.24, 2.45) is 4.99 Å². The molecule has 1 fully saturated rings. The quantitative estimate of drug-likeness (QED) is 0.295. The van der Waals surface area contributed by atoms with Gasteiger partial charge in [0.25, 0.3) is 0 Å². The Morgan fingerprint density at radius 1 is 1.12 bits per heavy atom. The van der Waals surface area contributed by atoms with Gasteiger partial charge in [-0.1, -0.05) is 12.1 Å². The van der Waals surface area contributed by atoms with Crippen LogP contribution in [0.5, 0.6) is 11.5 Å². The molecule has 1 aromatic heterocycles. The zero-order valence-electron chi connectivity index (χ0n) is 19.3. The number of rotatable bonds is 8. The monoisotopic (exact) mass is 555 g/mol. The molecule has 2 heterocycles. The van der Waals surface area contributed by atoms with Crippen LogP contribution >= 0.6 is 24.0 Å². The summed E-state index contributed by atoms with van der Waals surface area (Å²) in [5, 5.41) is 6.82. The molecule has 32 heavy (non-hydrogen) atoms. The number of benzene rings is 1. The van der Waals surface area contributed by atoms with Crippen LogP contribution in [-0.4, -0.2) is 70.0 Å². The van der Waals surface area contributed by atoms with Crippen LogP contribution in [0.1, 0.15) is 23.0 Å². The van der Waals surface area contributed by atoms with Crippen LogP contribution in [0.2, 0.25) is 0 Å². The van der Waals surface area contributed by atoms with Gasteiger partial charge in [0, 0.05) is 32.4 Å². The molecule has 0 saturated carbocycles. The Bertz CT molecular complexity index is 874. The summed E-state index contributed by atoms with van der Waals surface area (Å²) >= 11 is 0. The van der Waals surface area contributed by atoms with Crippen LogP contribution in [0.15, 0.2) is 41.4 Å². The molecule has 1 aromatic carbocycles. The predicted octanol–water partition coefficient (Wildman–Crippen LogP) is 2.76. The number of aliphatic imine (C=N–C) groups is 1. The minimum atomic E-state index is 0. The predicted molar refractivity (Wildman–Crippen MR) is 137 cm³/mol. The lowest BCUT2D eigenvalue weighted by molar-refractivity contribution is 0.0169. The highest BCUT2D eigenvalue weighted by atomic mass is 127. The minimum absolute atomic E-state index is 0. The van der Waals surface area contributed by atoms with Gasteiger partial charge in [0.15, 0.2) is 17.5 Å². The number of hydrogen-bond donors (Lipinski definition) is 2. The van der Waals surface area contributed by atoms with E-state index >= 15 is 0 Å². The number of methoxy groups -OCH3 is 2. The van der Waals surface area contributed by atoms with Crippen LogP contribution in [0.3, 0.4) is 0 Å². The Morgan fingerprint density at radius 2 is 1.88 bits per heavy atom.